The Morgan fingerprint density at radius 2 is 2.10 bits per heavy atom. The first-order chi connectivity index (χ1) is 20.5. The van der Waals surface area contributed by atoms with Gasteiger partial charge in [0, 0.05) is 46.5 Å². The molecule has 0 aliphatic heterocycles. The predicted octanol–water partition coefficient (Wildman–Crippen LogP) is 6.70. The number of thioether (sulfide) groups is 1. The van der Waals surface area contributed by atoms with Crippen LogP contribution in [0.3, 0.4) is 0 Å². The van der Waals surface area contributed by atoms with E-state index in [0.717, 1.165) is 63.1 Å². The molecule has 2 aromatic carbocycles. The average Bonchev–Trinajstić information content (AvgIpc) is 3.62. The van der Waals surface area contributed by atoms with Crippen LogP contribution in [-0.2, 0) is 16.0 Å². The van der Waals surface area contributed by atoms with Crippen molar-refractivity contribution in [3.63, 3.8) is 0 Å². The quantitative estimate of drug-likeness (QED) is 0.104. The standard InChI is InChI=1S/C33H32ClN5O2S/c1-3-4-7-25(18-26-20-36-32-29(26)8-5-9-30(32)34)33(41)38(22-40)16-17-42-28-14-11-23(2)24(19-28)12-13-27-21-35-31-10-6-15-37-39(27)31/h5-6,8-11,14-15,19-22,25,36H,3-4,7,16-18H2,1-2H3. The molecule has 0 saturated heterocycles. The highest BCUT2D eigenvalue weighted by atomic mass is 35.5. The van der Waals surface area contributed by atoms with E-state index < -0.39 is 0 Å². The number of imidazole rings is 1. The number of nitrogens with one attached hydrogen (secondary N) is 1. The highest BCUT2D eigenvalue weighted by Crippen LogP contribution is 2.29. The zero-order valence-electron chi connectivity index (χ0n) is 23.6. The number of carbonyl (C=O) groups excluding carboxylic acids is 2. The molecule has 5 aromatic rings. The van der Waals surface area contributed by atoms with Gasteiger partial charge >= 0.3 is 0 Å². The number of fused-ring (bicyclic) bond motifs is 2. The molecule has 214 valence electrons. The Morgan fingerprint density at radius 1 is 1.21 bits per heavy atom. The summed E-state index contributed by atoms with van der Waals surface area (Å²) in [4.78, 5) is 35.6. The Bertz CT molecular complexity index is 1780. The Labute approximate surface area is 254 Å². The van der Waals surface area contributed by atoms with Crippen LogP contribution in [0.5, 0.6) is 0 Å². The number of amides is 2. The monoisotopic (exact) mass is 597 g/mol. The molecule has 1 atom stereocenters. The molecular formula is C33H32ClN5O2S. The minimum atomic E-state index is -0.284. The number of H-pyrrole nitrogens is 1. The lowest BCUT2D eigenvalue weighted by Crippen LogP contribution is -2.37. The number of rotatable bonds is 11. The van der Waals surface area contributed by atoms with Crippen molar-refractivity contribution in [2.24, 2.45) is 5.92 Å². The summed E-state index contributed by atoms with van der Waals surface area (Å²) < 4.78 is 1.72. The third-order valence-corrected chi connectivity index (χ3v) is 8.58. The summed E-state index contributed by atoms with van der Waals surface area (Å²) in [6, 6.07) is 15.6. The van der Waals surface area contributed by atoms with Crippen molar-refractivity contribution in [1.82, 2.24) is 24.5 Å². The van der Waals surface area contributed by atoms with Crippen LogP contribution in [0.2, 0.25) is 5.02 Å². The summed E-state index contributed by atoms with van der Waals surface area (Å²) in [5.74, 6) is 6.60. The van der Waals surface area contributed by atoms with Crippen LogP contribution in [0.25, 0.3) is 16.6 Å². The summed E-state index contributed by atoms with van der Waals surface area (Å²) in [6.45, 7) is 4.46. The van der Waals surface area contributed by atoms with Gasteiger partial charge in [0.05, 0.1) is 16.7 Å². The van der Waals surface area contributed by atoms with Crippen LogP contribution in [0.15, 0.2) is 72.0 Å². The van der Waals surface area contributed by atoms with Crippen molar-refractivity contribution in [3.05, 3.63) is 94.5 Å². The number of carbonyl (C=O) groups is 2. The second kappa shape index (κ2) is 13.7. The zero-order chi connectivity index (χ0) is 29.5. The maximum absolute atomic E-state index is 13.6. The first-order valence-electron chi connectivity index (χ1n) is 14.0. The second-order valence-corrected chi connectivity index (χ2v) is 11.7. The molecule has 42 heavy (non-hydrogen) atoms. The number of aromatic nitrogens is 4. The molecular weight excluding hydrogens is 566 g/mol. The fourth-order valence-corrected chi connectivity index (χ4v) is 6.07. The summed E-state index contributed by atoms with van der Waals surface area (Å²) in [7, 11) is 0. The first kappa shape index (κ1) is 29.4. The van der Waals surface area contributed by atoms with E-state index in [1.807, 2.05) is 61.7 Å². The Balaban J connectivity index is 1.24. The molecule has 0 saturated carbocycles. The van der Waals surface area contributed by atoms with Gasteiger partial charge in [-0.05, 0) is 67.1 Å². The third kappa shape index (κ3) is 6.70. The number of para-hydroxylation sites is 1. The molecule has 7 nitrogen and oxygen atoms in total. The van der Waals surface area contributed by atoms with Gasteiger partial charge in [-0.25, -0.2) is 9.50 Å². The SMILES string of the molecule is CCCCC(Cc1c[nH]c2c(Cl)cccc12)C(=O)N(C=O)CCSc1ccc(C)c(C#Cc2cnc3cccnn23)c1. The summed E-state index contributed by atoms with van der Waals surface area (Å²) >= 11 is 7.94. The van der Waals surface area contributed by atoms with Crippen LogP contribution < -0.4 is 0 Å². The van der Waals surface area contributed by atoms with E-state index >= 15 is 0 Å². The summed E-state index contributed by atoms with van der Waals surface area (Å²) in [6.07, 6.45) is 9.19. The van der Waals surface area contributed by atoms with Gasteiger partial charge in [-0.3, -0.25) is 14.5 Å². The van der Waals surface area contributed by atoms with Crippen LogP contribution in [0, 0.1) is 24.7 Å². The van der Waals surface area contributed by atoms with Crippen molar-refractivity contribution in [2.45, 2.75) is 44.4 Å². The third-order valence-electron chi connectivity index (χ3n) is 7.30. The number of imide groups is 1. The number of hydrogen-bond donors (Lipinski definition) is 1. The zero-order valence-corrected chi connectivity index (χ0v) is 25.2. The minimum Gasteiger partial charge on any atom is -0.360 e. The van der Waals surface area contributed by atoms with Crippen LogP contribution in [0.4, 0.5) is 0 Å². The fourth-order valence-electron chi connectivity index (χ4n) is 4.96. The van der Waals surface area contributed by atoms with Gasteiger partial charge in [0.2, 0.25) is 12.3 Å². The van der Waals surface area contributed by atoms with Gasteiger partial charge in [-0.2, -0.15) is 5.10 Å². The molecule has 5 rings (SSSR count). The number of aryl methyl sites for hydroxylation is 1. The number of aromatic amines is 1. The van der Waals surface area contributed by atoms with E-state index in [2.05, 4.69) is 33.8 Å². The number of unbranched alkanes of at least 4 members (excludes halogenated alkanes) is 1. The molecule has 2 amide bonds. The Kier molecular flexibility index (Phi) is 9.63. The molecule has 1 unspecified atom stereocenters. The molecule has 9 heteroatoms. The highest BCUT2D eigenvalue weighted by molar-refractivity contribution is 7.99. The molecule has 0 spiro atoms. The predicted molar refractivity (Wildman–Crippen MR) is 169 cm³/mol. The Hall–Kier alpha value is -4.06. The average molecular weight is 598 g/mol. The van der Waals surface area contributed by atoms with Gasteiger partial charge in [-0.1, -0.05) is 55.5 Å². The number of benzene rings is 2. The number of halogens is 1. The fraction of sp³-hybridized carbons (Fsp3) is 0.273. The van der Waals surface area contributed by atoms with E-state index in [-0.39, 0.29) is 11.8 Å². The van der Waals surface area contributed by atoms with Crippen molar-refractivity contribution in [2.75, 3.05) is 12.3 Å². The molecule has 1 N–H and O–H groups in total. The van der Waals surface area contributed by atoms with Gasteiger partial charge in [0.1, 0.15) is 5.69 Å². The minimum absolute atomic E-state index is 0.132. The lowest BCUT2D eigenvalue weighted by molar-refractivity contribution is -0.141. The molecule has 3 heterocycles. The van der Waals surface area contributed by atoms with E-state index in [9.17, 15) is 9.59 Å². The largest absolute Gasteiger partial charge is 0.360 e. The lowest BCUT2D eigenvalue weighted by Gasteiger charge is -2.22. The van der Waals surface area contributed by atoms with Gasteiger partial charge in [0.15, 0.2) is 5.65 Å². The smallest absolute Gasteiger partial charge is 0.232 e. The molecule has 0 bridgehead atoms. The van der Waals surface area contributed by atoms with Gasteiger partial charge in [0.25, 0.3) is 0 Å². The number of nitrogens with zero attached hydrogens (tertiary/aromatic N) is 4. The van der Waals surface area contributed by atoms with Crippen LogP contribution >= 0.6 is 23.4 Å². The lowest BCUT2D eigenvalue weighted by atomic mass is 9.92. The van der Waals surface area contributed by atoms with E-state index in [4.69, 9.17) is 11.6 Å². The van der Waals surface area contributed by atoms with Crippen LogP contribution in [0.1, 0.15) is 48.6 Å². The summed E-state index contributed by atoms with van der Waals surface area (Å²) in [5.41, 5.74) is 5.35. The van der Waals surface area contributed by atoms with E-state index in [0.29, 0.717) is 30.2 Å². The number of hydrogen-bond acceptors (Lipinski definition) is 5. The highest BCUT2D eigenvalue weighted by Gasteiger charge is 2.25. The maximum atomic E-state index is 13.6. The van der Waals surface area contributed by atoms with Crippen molar-refractivity contribution < 1.29 is 9.59 Å². The Morgan fingerprint density at radius 3 is 2.93 bits per heavy atom. The van der Waals surface area contributed by atoms with Gasteiger partial charge < -0.3 is 4.98 Å². The molecule has 0 aliphatic rings. The maximum Gasteiger partial charge on any atom is 0.232 e. The second-order valence-electron chi connectivity index (χ2n) is 10.2. The summed E-state index contributed by atoms with van der Waals surface area (Å²) in [5, 5.41) is 5.99. The van der Waals surface area contributed by atoms with Gasteiger partial charge in [-0.15, -0.1) is 11.8 Å². The van der Waals surface area contributed by atoms with E-state index in [1.54, 1.807) is 28.7 Å². The first-order valence-corrected chi connectivity index (χ1v) is 15.4. The molecule has 0 radical (unpaired) electrons. The molecule has 0 fully saturated rings. The molecule has 0 aliphatic carbocycles. The topological polar surface area (TPSA) is 83.4 Å². The molecule has 3 aromatic heterocycles. The van der Waals surface area contributed by atoms with Crippen LogP contribution in [-0.4, -0.2) is 49.1 Å². The van der Waals surface area contributed by atoms with Crippen molar-refractivity contribution >= 4 is 52.2 Å². The normalized spacial score (nSPS) is 11.8. The van der Waals surface area contributed by atoms with Crippen molar-refractivity contribution in [3.8, 4) is 11.8 Å². The van der Waals surface area contributed by atoms with E-state index in [1.165, 1.54) is 4.90 Å². The van der Waals surface area contributed by atoms with Crippen molar-refractivity contribution in [1.29, 1.82) is 0 Å².